The number of rotatable bonds is 5. The predicted octanol–water partition coefficient (Wildman–Crippen LogP) is 2.36. The van der Waals surface area contributed by atoms with Crippen molar-refractivity contribution < 1.29 is 9.59 Å². The van der Waals surface area contributed by atoms with Crippen LogP contribution in [-0.2, 0) is 9.59 Å². The molecule has 2 rings (SSSR count). The minimum absolute atomic E-state index is 0.0136. The molecule has 0 bridgehead atoms. The second-order valence-corrected chi connectivity index (χ2v) is 8.97. The first-order valence-corrected chi connectivity index (χ1v) is 10.4. The lowest BCUT2D eigenvalue weighted by atomic mass is 9.94. The van der Waals surface area contributed by atoms with Crippen molar-refractivity contribution in [1.82, 2.24) is 15.5 Å². The Morgan fingerprint density at radius 2 is 1.75 bits per heavy atom. The van der Waals surface area contributed by atoms with Gasteiger partial charge in [0.1, 0.15) is 6.04 Å². The van der Waals surface area contributed by atoms with Gasteiger partial charge in [-0.1, -0.05) is 46.5 Å². The van der Waals surface area contributed by atoms with E-state index in [4.69, 9.17) is 0 Å². The number of hydrogen-bond donors (Lipinski definition) is 2. The van der Waals surface area contributed by atoms with Gasteiger partial charge in [0, 0.05) is 30.3 Å². The zero-order valence-electron chi connectivity index (χ0n) is 15.4. The Balaban J connectivity index is 1.72. The number of nitrogens with one attached hydrogen (secondary N) is 2. The van der Waals surface area contributed by atoms with E-state index in [-0.39, 0.29) is 17.9 Å². The highest BCUT2D eigenvalue weighted by molar-refractivity contribution is 7.99. The van der Waals surface area contributed by atoms with Crippen LogP contribution in [0.15, 0.2) is 0 Å². The lowest BCUT2D eigenvalue weighted by Gasteiger charge is -2.29. The molecule has 1 saturated carbocycles. The van der Waals surface area contributed by atoms with Crippen molar-refractivity contribution in [3.8, 4) is 0 Å². The molecule has 2 aliphatic rings. The van der Waals surface area contributed by atoms with E-state index < -0.39 is 5.41 Å². The number of hydrogen-bond acceptors (Lipinski definition) is 4. The first-order valence-electron chi connectivity index (χ1n) is 9.29. The number of amides is 2. The summed E-state index contributed by atoms with van der Waals surface area (Å²) in [6.07, 6.45) is 7.83. The van der Waals surface area contributed by atoms with E-state index in [1.807, 2.05) is 20.8 Å². The van der Waals surface area contributed by atoms with Crippen molar-refractivity contribution in [2.24, 2.45) is 5.41 Å². The van der Waals surface area contributed by atoms with Crippen molar-refractivity contribution in [2.45, 2.75) is 71.4 Å². The van der Waals surface area contributed by atoms with Crippen LogP contribution >= 0.6 is 11.8 Å². The Bertz CT molecular complexity index is 428. The van der Waals surface area contributed by atoms with Gasteiger partial charge >= 0.3 is 0 Å². The van der Waals surface area contributed by atoms with Gasteiger partial charge in [-0.15, -0.1) is 11.8 Å². The fourth-order valence-electron chi connectivity index (χ4n) is 3.35. The normalized spacial score (nSPS) is 23.1. The molecule has 0 aromatic rings. The molecule has 1 aliphatic carbocycles. The third kappa shape index (κ3) is 5.66. The van der Waals surface area contributed by atoms with Crippen LogP contribution in [0.2, 0.25) is 0 Å². The van der Waals surface area contributed by atoms with Crippen LogP contribution in [0.25, 0.3) is 0 Å². The average Bonchev–Trinajstić information content (AvgIpc) is 2.87. The maximum atomic E-state index is 12.5. The highest BCUT2D eigenvalue weighted by atomic mass is 32.2. The Labute approximate surface area is 150 Å². The molecule has 0 aromatic heterocycles. The van der Waals surface area contributed by atoms with Crippen LogP contribution in [0, 0.1) is 5.41 Å². The fourth-order valence-corrected chi connectivity index (χ4v) is 4.51. The topological polar surface area (TPSA) is 61.4 Å². The third-order valence-corrected chi connectivity index (χ3v) is 5.81. The van der Waals surface area contributed by atoms with Crippen molar-refractivity contribution in [2.75, 3.05) is 24.7 Å². The summed E-state index contributed by atoms with van der Waals surface area (Å²) in [5.41, 5.74) is -0.440. The van der Waals surface area contributed by atoms with E-state index in [0.717, 1.165) is 6.54 Å². The molecular formula is C18H33N3O2S. The fraction of sp³-hybridized carbons (Fsp3) is 0.889. The van der Waals surface area contributed by atoms with Crippen molar-refractivity contribution in [3.05, 3.63) is 0 Å². The van der Waals surface area contributed by atoms with E-state index in [1.54, 1.807) is 16.7 Å². The molecule has 2 amide bonds. The summed E-state index contributed by atoms with van der Waals surface area (Å²) >= 11 is 1.66. The van der Waals surface area contributed by atoms with Crippen LogP contribution in [0.3, 0.4) is 0 Å². The molecule has 0 spiro atoms. The molecule has 2 N–H and O–H groups in total. The van der Waals surface area contributed by atoms with Gasteiger partial charge in [-0.2, -0.15) is 0 Å². The molecule has 1 saturated heterocycles. The summed E-state index contributed by atoms with van der Waals surface area (Å²) in [5, 5.41) is 6.57. The minimum Gasteiger partial charge on any atom is -0.353 e. The summed E-state index contributed by atoms with van der Waals surface area (Å²) < 4.78 is 0. The molecule has 1 aliphatic heterocycles. The largest absolute Gasteiger partial charge is 0.353 e. The minimum atomic E-state index is -0.440. The zero-order chi connectivity index (χ0) is 17.6. The molecule has 6 heteroatoms. The molecular weight excluding hydrogens is 322 g/mol. The second-order valence-electron chi connectivity index (χ2n) is 7.97. The van der Waals surface area contributed by atoms with Crippen molar-refractivity contribution >= 4 is 23.6 Å². The van der Waals surface area contributed by atoms with Gasteiger partial charge in [0.05, 0.1) is 5.88 Å². The second kappa shape index (κ2) is 9.09. The quantitative estimate of drug-likeness (QED) is 0.587. The van der Waals surface area contributed by atoms with Gasteiger partial charge < -0.3 is 15.5 Å². The predicted molar refractivity (Wildman–Crippen MR) is 99.9 cm³/mol. The molecule has 0 radical (unpaired) electrons. The average molecular weight is 356 g/mol. The molecule has 2 fully saturated rings. The smallest absolute Gasteiger partial charge is 0.243 e. The first kappa shape index (κ1) is 19.6. The summed E-state index contributed by atoms with van der Waals surface area (Å²) in [5.74, 6) is 1.36. The van der Waals surface area contributed by atoms with E-state index in [0.29, 0.717) is 24.2 Å². The van der Waals surface area contributed by atoms with Gasteiger partial charge in [0.15, 0.2) is 0 Å². The van der Waals surface area contributed by atoms with Crippen LogP contribution < -0.4 is 10.6 Å². The van der Waals surface area contributed by atoms with Gasteiger partial charge in [0.25, 0.3) is 0 Å². The summed E-state index contributed by atoms with van der Waals surface area (Å²) in [6, 6.07) is 0.282. The van der Waals surface area contributed by atoms with Crippen LogP contribution in [0.4, 0.5) is 0 Å². The Kier molecular flexibility index (Phi) is 7.41. The zero-order valence-corrected chi connectivity index (χ0v) is 16.2. The lowest BCUT2D eigenvalue weighted by Crippen LogP contribution is -2.51. The molecule has 1 heterocycles. The molecule has 5 nitrogen and oxygen atoms in total. The van der Waals surface area contributed by atoms with Gasteiger partial charge in [-0.05, 0) is 12.8 Å². The summed E-state index contributed by atoms with van der Waals surface area (Å²) in [4.78, 5) is 26.7. The standard InChI is InChI=1S/C18H33N3O2S/c1-18(2,3)17(23)21-13-24-12-15(21)16(22)20-11-10-19-14-8-6-4-5-7-9-14/h14-15,19H,4-13H2,1-3H3,(H,20,22). The molecule has 1 atom stereocenters. The lowest BCUT2D eigenvalue weighted by molar-refractivity contribution is -0.144. The maximum absolute atomic E-state index is 12.5. The van der Waals surface area contributed by atoms with Gasteiger partial charge in [-0.25, -0.2) is 0 Å². The molecule has 1 unspecified atom stereocenters. The summed E-state index contributed by atoms with van der Waals surface area (Å²) in [6.45, 7) is 7.16. The first-order chi connectivity index (χ1) is 11.4. The van der Waals surface area contributed by atoms with Crippen molar-refractivity contribution in [1.29, 1.82) is 0 Å². The third-order valence-electron chi connectivity index (χ3n) is 4.80. The summed E-state index contributed by atoms with van der Waals surface area (Å²) in [7, 11) is 0. The maximum Gasteiger partial charge on any atom is 0.243 e. The van der Waals surface area contributed by atoms with E-state index in [1.165, 1.54) is 38.5 Å². The van der Waals surface area contributed by atoms with Crippen LogP contribution in [0.1, 0.15) is 59.3 Å². The molecule has 138 valence electrons. The highest BCUT2D eigenvalue weighted by Crippen LogP contribution is 2.27. The van der Waals surface area contributed by atoms with Crippen molar-refractivity contribution in [3.63, 3.8) is 0 Å². The number of thioether (sulfide) groups is 1. The van der Waals surface area contributed by atoms with Gasteiger partial charge in [-0.3, -0.25) is 9.59 Å². The van der Waals surface area contributed by atoms with E-state index >= 15 is 0 Å². The molecule has 0 aromatic carbocycles. The number of nitrogens with zero attached hydrogens (tertiary/aromatic N) is 1. The highest BCUT2D eigenvalue weighted by Gasteiger charge is 2.38. The number of carbonyl (C=O) groups excluding carboxylic acids is 2. The van der Waals surface area contributed by atoms with E-state index in [9.17, 15) is 9.59 Å². The molecule has 24 heavy (non-hydrogen) atoms. The van der Waals surface area contributed by atoms with Gasteiger partial charge in [0.2, 0.25) is 11.8 Å². The van der Waals surface area contributed by atoms with Crippen LogP contribution in [-0.4, -0.2) is 53.5 Å². The Hall–Kier alpha value is -0.750. The Morgan fingerprint density at radius 3 is 2.38 bits per heavy atom. The van der Waals surface area contributed by atoms with E-state index in [2.05, 4.69) is 10.6 Å². The number of carbonyl (C=O) groups is 2. The Morgan fingerprint density at radius 1 is 1.08 bits per heavy atom. The SMILES string of the molecule is CC(C)(C)C(=O)N1CSCC1C(=O)NCCNC1CCCCCC1. The monoisotopic (exact) mass is 355 g/mol. The van der Waals surface area contributed by atoms with Crippen LogP contribution in [0.5, 0.6) is 0 Å².